The van der Waals surface area contributed by atoms with Gasteiger partial charge in [-0.2, -0.15) is 13.2 Å². The summed E-state index contributed by atoms with van der Waals surface area (Å²) in [7, 11) is 0. The average Bonchev–Trinajstić information content (AvgIpc) is 2.25. The molecule has 1 rings (SSSR count). The molecule has 3 nitrogen and oxygen atoms in total. The van der Waals surface area contributed by atoms with Crippen molar-refractivity contribution in [3.8, 4) is 0 Å². The molecule has 1 aliphatic carbocycles. The van der Waals surface area contributed by atoms with E-state index in [2.05, 4.69) is 0 Å². The first-order valence-electron chi connectivity index (χ1n) is 4.78. The lowest BCUT2D eigenvalue weighted by Crippen LogP contribution is -2.26. The summed E-state index contributed by atoms with van der Waals surface area (Å²) in [6.45, 7) is -0.658. The van der Waals surface area contributed by atoms with Crippen LogP contribution < -0.4 is 0 Å². The maximum Gasteiger partial charge on any atom is 0.412 e. The molecule has 0 saturated heterocycles. The second kappa shape index (κ2) is 5.47. The number of hydrogen-bond acceptors (Lipinski definition) is 3. The lowest BCUT2D eigenvalue weighted by Gasteiger charge is -2.21. The Hall–Kier alpha value is -0.850. The van der Waals surface area contributed by atoms with E-state index in [0.717, 1.165) is 6.08 Å². The normalized spacial score (nSPS) is 23.1. The highest BCUT2D eigenvalue weighted by molar-refractivity contribution is 5.24. The first-order chi connectivity index (χ1) is 7.43. The van der Waals surface area contributed by atoms with Gasteiger partial charge in [-0.15, -0.1) is 0 Å². The van der Waals surface area contributed by atoms with Crippen LogP contribution >= 0.6 is 0 Å². The summed E-state index contributed by atoms with van der Waals surface area (Å²) < 4.78 is 42.0. The third-order valence-electron chi connectivity index (χ3n) is 2.12. The summed E-state index contributed by atoms with van der Waals surface area (Å²) in [4.78, 5) is 0. The van der Waals surface area contributed by atoms with E-state index in [0.29, 0.717) is 0 Å². The lowest BCUT2D eigenvalue weighted by atomic mass is 10.0. The van der Waals surface area contributed by atoms with Gasteiger partial charge in [-0.3, -0.25) is 0 Å². The molecular formula is C10H13F3O3. The Labute approximate surface area is 90.8 Å². The molecular weight excluding hydrogens is 225 g/mol. The van der Waals surface area contributed by atoms with Gasteiger partial charge in [0.15, 0.2) is 0 Å². The van der Waals surface area contributed by atoms with Gasteiger partial charge >= 0.3 is 6.18 Å². The molecule has 1 aliphatic rings. The second-order valence-corrected chi connectivity index (χ2v) is 3.49. The van der Waals surface area contributed by atoms with Crippen molar-refractivity contribution >= 4 is 0 Å². The molecule has 0 aromatic carbocycles. The molecule has 0 spiro atoms. The van der Waals surface area contributed by atoms with Crippen LogP contribution in [-0.2, 0) is 4.74 Å². The molecule has 0 aromatic rings. The summed E-state index contributed by atoms with van der Waals surface area (Å²) in [5.41, 5.74) is -0.654. The molecule has 0 radical (unpaired) electrons. The molecule has 92 valence electrons. The molecule has 0 amide bonds. The monoisotopic (exact) mass is 238 g/mol. The number of allylic oxidation sites excluding steroid dienone is 2. The molecule has 2 N–H and O–H groups in total. The van der Waals surface area contributed by atoms with E-state index in [1.165, 1.54) is 12.2 Å². The Bertz CT molecular complexity index is 284. The second-order valence-electron chi connectivity index (χ2n) is 3.49. The van der Waals surface area contributed by atoms with Crippen LogP contribution in [0.5, 0.6) is 0 Å². The van der Waals surface area contributed by atoms with Gasteiger partial charge in [-0.05, 0) is 0 Å². The zero-order valence-corrected chi connectivity index (χ0v) is 8.44. The SMILES string of the molecule is OCC(O)COC1C=CC=C(C(F)(F)F)C1. The minimum Gasteiger partial charge on any atom is -0.394 e. The van der Waals surface area contributed by atoms with Gasteiger partial charge in [-0.1, -0.05) is 18.2 Å². The maximum absolute atomic E-state index is 12.3. The lowest BCUT2D eigenvalue weighted by molar-refractivity contribution is -0.0992. The van der Waals surface area contributed by atoms with Crippen LogP contribution in [0.15, 0.2) is 23.8 Å². The van der Waals surface area contributed by atoms with Crippen molar-refractivity contribution in [1.29, 1.82) is 0 Å². The number of aliphatic hydroxyl groups is 2. The Kier molecular flexibility index (Phi) is 4.52. The number of aliphatic hydroxyl groups excluding tert-OH is 2. The van der Waals surface area contributed by atoms with Gasteiger partial charge in [0.25, 0.3) is 0 Å². The van der Waals surface area contributed by atoms with Crippen LogP contribution in [0.4, 0.5) is 13.2 Å². The largest absolute Gasteiger partial charge is 0.412 e. The first kappa shape index (κ1) is 13.2. The molecule has 2 atom stereocenters. The minimum absolute atomic E-state index is 0.184. The quantitative estimate of drug-likeness (QED) is 0.773. The Morgan fingerprint density at radius 2 is 2.19 bits per heavy atom. The van der Waals surface area contributed by atoms with E-state index in [1.54, 1.807) is 0 Å². The standard InChI is InChI=1S/C10H13F3O3/c11-10(12,13)7-2-1-3-9(4-7)16-6-8(15)5-14/h1-3,8-9,14-15H,4-6H2. The number of halogens is 3. The molecule has 0 fully saturated rings. The van der Waals surface area contributed by atoms with Crippen LogP contribution in [0.2, 0.25) is 0 Å². The third kappa shape index (κ3) is 3.96. The fourth-order valence-electron chi connectivity index (χ4n) is 1.26. The highest BCUT2D eigenvalue weighted by Crippen LogP contribution is 2.31. The fourth-order valence-corrected chi connectivity index (χ4v) is 1.26. The van der Waals surface area contributed by atoms with E-state index >= 15 is 0 Å². The first-order valence-corrected chi connectivity index (χ1v) is 4.78. The van der Waals surface area contributed by atoms with Gasteiger partial charge in [0.05, 0.1) is 19.3 Å². The Balaban J connectivity index is 2.45. The maximum atomic E-state index is 12.3. The highest BCUT2D eigenvalue weighted by Gasteiger charge is 2.35. The van der Waals surface area contributed by atoms with Crippen molar-refractivity contribution in [2.75, 3.05) is 13.2 Å². The molecule has 0 bridgehead atoms. The molecule has 6 heteroatoms. The van der Waals surface area contributed by atoms with Crippen molar-refractivity contribution in [2.24, 2.45) is 0 Å². The number of rotatable bonds is 4. The zero-order valence-electron chi connectivity index (χ0n) is 8.44. The van der Waals surface area contributed by atoms with Gasteiger partial charge < -0.3 is 14.9 Å². The Morgan fingerprint density at radius 3 is 2.75 bits per heavy atom. The highest BCUT2D eigenvalue weighted by atomic mass is 19.4. The summed E-state index contributed by atoms with van der Waals surface area (Å²) in [6.07, 6.45) is -2.61. The van der Waals surface area contributed by atoms with Crippen molar-refractivity contribution in [1.82, 2.24) is 0 Å². The van der Waals surface area contributed by atoms with Crippen molar-refractivity contribution in [3.63, 3.8) is 0 Å². The smallest absolute Gasteiger partial charge is 0.394 e. The molecule has 0 aromatic heterocycles. The third-order valence-corrected chi connectivity index (χ3v) is 2.12. The minimum atomic E-state index is -4.35. The summed E-state index contributed by atoms with van der Waals surface area (Å²) in [5.74, 6) is 0. The topological polar surface area (TPSA) is 49.7 Å². The van der Waals surface area contributed by atoms with Gasteiger partial charge in [0.2, 0.25) is 0 Å². The fraction of sp³-hybridized carbons (Fsp3) is 0.600. The van der Waals surface area contributed by atoms with E-state index in [-0.39, 0.29) is 13.0 Å². The summed E-state index contributed by atoms with van der Waals surface area (Å²) in [5, 5.41) is 17.5. The Morgan fingerprint density at radius 1 is 1.50 bits per heavy atom. The number of alkyl halides is 3. The van der Waals surface area contributed by atoms with E-state index in [4.69, 9.17) is 14.9 Å². The van der Waals surface area contributed by atoms with Crippen molar-refractivity contribution in [3.05, 3.63) is 23.8 Å². The molecule has 0 aliphatic heterocycles. The van der Waals surface area contributed by atoms with Gasteiger partial charge in [-0.25, -0.2) is 0 Å². The van der Waals surface area contributed by atoms with E-state index in [1.807, 2.05) is 0 Å². The van der Waals surface area contributed by atoms with E-state index in [9.17, 15) is 13.2 Å². The van der Waals surface area contributed by atoms with Crippen LogP contribution in [-0.4, -0.2) is 41.8 Å². The number of hydrogen-bond donors (Lipinski definition) is 2. The van der Waals surface area contributed by atoms with Gasteiger partial charge in [0, 0.05) is 12.0 Å². The van der Waals surface area contributed by atoms with Crippen LogP contribution in [0.25, 0.3) is 0 Å². The van der Waals surface area contributed by atoms with Crippen molar-refractivity contribution < 1.29 is 28.1 Å². The predicted octanol–water partition coefficient (Wildman–Crippen LogP) is 1.17. The van der Waals surface area contributed by atoms with Crippen LogP contribution in [0.3, 0.4) is 0 Å². The van der Waals surface area contributed by atoms with Crippen LogP contribution in [0, 0.1) is 0 Å². The van der Waals surface area contributed by atoms with E-state index < -0.39 is 30.6 Å². The summed E-state index contributed by atoms with van der Waals surface area (Å²) >= 11 is 0. The molecule has 16 heavy (non-hydrogen) atoms. The predicted molar refractivity (Wildman–Crippen MR) is 50.7 cm³/mol. The molecule has 0 heterocycles. The van der Waals surface area contributed by atoms with Crippen molar-refractivity contribution in [2.45, 2.75) is 24.8 Å². The van der Waals surface area contributed by atoms with Crippen LogP contribution in [0.1, 0.15) is 6.42 Å². The molecule has 2 unspecified atom stereocenters. The van der Waals surface area contributed by atoms with Gasteiger partial charge in [0.1, 0.15) is 6.10 Å². The molecule has 0 saturated carbocycles. The summed E-state index contributed by atoms with van der Waals surface area (Å²) in [6, 6.07) is 0. The zero-order chi connectivity index (χ0) is 12.2. The number of ether oxygens (including phenoxy) is 1. The average molecular weight is 238 g/mol.